The number of carbonyl (C=O) groups is 2. The molecule has 1 aromatic rings. The third-order valence-corrected chi connectivity index (χ3v) is 4.72. The van der Waals surface area contributed by atoms with Crippen molar-refractivity contribution in [2.24, 2.45) is 11.8 Å². The number of hydrogen-bond donors (Lipinski definition) is 2. The van der Waals surface area contributed by atoms with Gasteiger partial charge in [0.1, 0.15) is 0 Å². The highest BCUT2D eigenvalue weighted by Crippen LogP contribution is 2.30. The summed E-state index contributed by atoms with van der Waals surface area (Å²) in [6, 6.07) is 3.65. The first-order valence-corrected chi connectivity index (χ1v) is 7.52. The van der Waals surface area contributed by atoms with Gasteiger partial charge in [0.25, 0.3) is 0 Å². The molecule has 2 rings (SSSR count). The van der Waals surface area contributed by atoms with E-state index in [2.05, 4.69) is 5.32 Å². The number of thiophene rings is 1. The van der Waals surface area contributed by atoms with E-state index < -0.39 is 17.8 Å². The summed E-state index contributed by atoms with van der Waals surface area (Å²) >= 11 is 7.24. The standard InChI is InChI=1S/C13H16ClNO3S/c14-11-6-5-8(19-11)7-15-12(16)9-3-1-2-4-10(9)13(17)18/h5-6,9-10H,1-4,7H2,(H,15,16)(H,17,18). The van der Waals surface area contributed by atoms with Gasteiger partial charge in [0.05, 0.1) is 22.7 Å². The summed E-state index contributed by atoms with van der Waals surface area (Å²) in [4.78, 5) is 24.2. The summed E-state index contributed by atoms with van der Waals surface area (Å²) in [5.74, 6) is -1.96. The summed E-state index contributed by atoms with van der Waals surface area (Å²) in [7, 11) is 0. The lowest BCUT2D eigenvalue weighted by Gasteiger charge is -2.27. The monoisotopic (exact) mass is 301 g/mol. The summed E-state index contributed by atoms with van der Waals surface area (Å²) in [6.07, 6.45) is 3.07. The number of aliphatic carboxylic acids is 1. The Morgan fingerprint density at radius 2 is 2.00 bits per heavy atom. The molecule has 1 heterocycles. The van der Waals surface area contributed by atoms with Crippen LogP contribution >= 0.6 is 22.9 Å². The first-order chi connectivity index (χ1) is 9.08. The smallest absolute Gasteiger partial charge is 0.307 e. The van der Waals surface area contributed by atoms with Crippen molar-refractivity contribution >= 4 is 34.8 Å². The van der Waals surface area contributed by atoms with Crippen LogP contribution in [0.4, 0.5) is 0 Å². The maximum absolute atomic E-state index is 12.1. The molecule has 6 heteroatoms. The molecular formula is C13H16ClNO3S. The van der Waals surface area contributed by atoms with Crippen LogP contribution in [0.5, 0.6) is 0 Å². The second-order valence-corrected chi connectivity index (χ2v) is 6.56. The number of carboxylic acid groups (broad SMARTS) is 1. The molecule has 0 aliphatic heterocycles. The van der Waals surface area contributed by atoms with Gasteiger partial charge in [-0.1, -0.05) is 24.4 Å². The Hall–Kier alpha value is -1.07. The average Bonchev–Trinajstić information content (AvgIpc) is 2.81. The fourth-order valence-electron chi connectivity index (χ4n) is 2.49. The molecular weight excluding hydrogens is 286 g/mol. The van der Waals surface area contributed by atoms with E-state index in [9.17, 15) is 9.59 Å². The molecule has 1 aliphatic rings. The number of hydrogen-bond acceptors (Lipinski definition) is 3. The van der Waals surface area contributed by atoms with Crippen LogP contribution in [0.15, 0.2) is 12.1 Å². The van der Waals surface area contributed by atoms with Crippen LogP contribution in [-0.4, -0.2) is 17.0 Å². The number of carbonyl (C=O) groups excluding carboxylic acids is 1. The van der Waals surface area contributed by atoms with E-state index >= 15 is 0 Å². The van der Waals surface area contributed by atoms with E-state index in [-0.39, 0.29) is 5.91 Å². The van der Waals surface area contributed by atoms with Crippen molar-refractivity contribution in [2.75, 3.05) is 0 Å². The lowest BCUT2D eigenvalue weighted by Crippen LogP contribution is -2.39. The van der Waals surface area contributed by atoms with E-state index in [1.54, 1.807) is 6.07 Å². The first kappa shape index (κ1) is 14.3. The molecule has 4 nitrogen and oxygen atoms in total. The predicted octanol–water partition coefficient (Wildman–Crippen LogP) is 2.91. The van der Waals surface area contributed by atoms with E-state index in [0.29, 0.717) is 23.7 Å². The Bertz CT molecular complexity index is 474. The van der Waals surface area contributed by atoms with Crippen molar-refractivity contribution in [3.63, 3.8) is 0 Å². The van der Waals surface area contributed by atoms with Crippen LogP contribution in [0.2, 0.25) is 4.34 Å². The minimum absolute atomic E-state index is 0.156. The largest absolute Gasteiger partial charge is 0.481 e. The van der Waals surface area contributed by atoms with Crippen LogP contribution in [0.25, 0.3) is 0 Å². The fourth-order valence-corrected chi connectivity index (χ4v) is 3.52. The Morgan fingerprint density at radius 1 is 1.32 bits per heavy atom. The van der Waals surface area contributed by atoms with Crippen LogP contribution in [0.1, 0.15) is 30.6 Å². The molecule has 19 heavy (non-hydrogen) atoms. The number of nitrogens with one attached hydrogen (secondary N) is 1. The van der Waals surface area contributed by atoms with E-state index in [1.807, 2.05) is 6.07 Å². The number of amides is 1. The van der Waals surface area contributed by atoms with Gasteiger partial charge < -0.3 is 10.4 Å². The number of carboxylic acids is 1. The van der Waals surface area contributed by atoms with Crippen molar-refractivity contribution < 1.29 is 14.7 Å². The third kappa shape index (κ3) is 3.70. The Labute approximate surface area is 120 Å². The zero-order valence-electron chi connectivity index (χ0n) is 10.4. The third-order valence-electron chi connectivity index (χ3n) is 3.49. The van der Waals surface area contributed by atoms with E-state index in [4.69, 9.17) is 16.7 Å². The van der Waals surface area contributed by atoms with Crippen molar-refractivity contribution in [3.05, 3.63) is 21.3 Å². The molecule has 0 saturated heterocycles. The van der Waals surface area contributed by atoms with Gasteiger partial charge in [-0.15, -0.1) is 11.3 Å². The van der Waals surface area contributed by atoms with Crippen LogP contribution in [0, 0.1) is 11.8 Å². The fraction of sp³-hybridized carbons (Fsp3) is 0.538. The highest BCUT2D eigenvalue weighted by atomic mass is 35.5. The van der Waals surface area contributed by atoms with Gasteiger partial charge >= 0.3 is 5.97 Å². The lowest BCUT2D eigenvalue weighted by molar-refractivity contribution is -0.148. The summed E-state index contributed by atoms with van der Waals surface area (Å²) in [6.45, 7) is 0.416. The molecule has 104 valence electrons. The molecule has 2 N–H and O–H groups in total. The SMILES string of the molecule is O=C(O)C1CCCCC1C(=O)NCc1ccc(Cl)s1. The molecule has 1 saturated carbocycles. The first-order valence-electron chi connectivity index (χ1n) is 6.32. The highest BCUT2D eigenvalue weighted by Gasteiger charge is 2.35. The lowest BCUT2D eigenvalue weighted by atomic mass is 9.79. The minimum Gasteiger partial charge on any atom is -0.481 e. The molecule has 0 spiro atoms. The van der Waals surface area contributed by atoms with Crippen molar-refractivity contribution in [2.45, 2.75) is 32.2 Å². The van der Waals surface area contributed by atoms with E-state index in [1.165, 1.54) is 11.3 Å². The zero-order valence-corrected chi connectivity index (χ0v) is 12.0. The van der Waals surface area contributed by atoms with E-state index in [0.717, 1.165) is 17.7 Å². The van der Waals surface area contributed by atoms with Gasteiger partial charge in [0.15, 0.2) is 0 Å². The summed E-state index contributed by atoms with van der Waals surface area (Å²) in [5.41, 5.74) is 0. The number of halogens is 1. The van der Waals surface area contributed by atoms with Crippen molar-refractivity contribution in [1.82, 2.24) is 5.32 Å². The molecule has 0 radical (unpaired) electrons. The molecule has 0 bridgehead atoms. The molecule has 2 unspecified atom stereocenters. The second kappa shape index (κ2) is 6.39. The zero-order chi connectivity index (χ0) is 13.8. The Kier molecular flexibility index (Phi) is 4.82. The molecule has 1 fully saturated rings. The normalized spacial score (nSPS) is 23.0. The molecule has 0 aromatic carbocycles. The maximum atomic E-state index is 12.1. The maximum Gasteiger partial charge on any atom is 0.307 e. The van der Waals surface area contributed by atoms with Gasteiger partial charge in [-0.05, 0) is 25.0 Å². The molecule has 1 amide bonds. The highest BCUT2D eigenvalue weighted by molar-refractivity contribution is 7.16. The minimum atomic E-state index is -0.862. The molecule has 1 aliphatic carbocycles. The second-order valence-electron chi connectivity index (χ2n) is 4.76. The van der Waals surface area contributed by atoms with Crippen LogP contribution in [0.3, 0.4) is 0 Å². The van der Waals surface area contributed by atoms with Crippen LogP contribution in [-0.2, 0) is 16.1 Å². The topological polar surface area (TPSA) is 66.4 Å². The quantitative estimate of drug-likeness (QED) is 0.898. The molecule has 1 aromatic heterocycles. The molecule has 2 atom stereocenters. The Balaban J connectivity index is 1.92. The van der Waals surface area contributed by atoms with Gasteiger partial charge in [0.2, 0.25) is 5.91 Å². The van der Waals surface area contributed by atoms with Crippen LogP contribution < -0.4 is 5.32 Å². The van der Waals surface area contributed by atoms with Crippen molar-refractivity contribution in [3.8, 4) is 0 Å². The van der Waals surface area contributed by atoms with Gasteiger partial charge in [-0.3, -0.25) is 9.59 Å². The van der Waals surface area contributed by atoms with Gasteiger partial charge in [0, 0.05) is 4.88 Å². The Morgan fingerprint density at radius 3 is 2.58 bits per heavy atom. The van der Waals surface area contributed by atoms with Crippen molar-refractivity contribution in [1.29, 1.82) is 0 Å². The predicted molar refractivity (Wildman–Crippen MR) is 74.3 cm³/mol. The number of rotatable bonds is 4. The van der Waals surface area contributed by atoms with Gasteiger partial charge in [-0.2, -0.15) is 0 Å². The van der Waals surface area contributed by atoms with Gasteiger partial charge in [-0.25, -0.2) is 0 Å². The average molecular weight is 302 g/mol. The summed E-state index contributed by atoms with van der Waals surface area (Å²) in [5, 5.41) is 12.0. The summed E-state index contributed by atoms with van der Waals surface area (Å²) < 4.78 is 0.685.